The lowest BCUT2D eigenvalue weighted by molar-refractivity contribution is -0.141. The highest BCUT2D eigenvalue weighted by Gasteiger charge is 2.58. The summed E-state index contributed by atoms with van der Waals surface area (Å²) in [4.78, 5) is 14.1. The SMILES string of the molecule is COC(=O)[C@H]1[C@H](c2ccco2)N1C1CCCCC1. The van der Waals surface area contributed by atoms with Crippen molar-refractivity contribution in [3.63, 3.8) is 0 Å². The molecule has 2 fully saturated rings. The van der Waals surface area contributed by atoms with E-state index in [1.807, 2.05) is 12.1 Å². The van der Waals surface area contributed by atoms with Crippen molar-refractivity contribution in [1.29, 1.82) is 0 Å². The van der Waals surface area contributed by atoms with Crippen LogP contribution in [-0.2, 0) is 9.53 Å². The molecule has 98 valence electrons. The number of hydrogen-bond donors (Lipinski definition) is 0. The van der Waals surface area contributed by atoms with E-state index in [-0.39, 0.29) is 18.1 Å². The van der Waals surface area contributed by atoms with E-state index in [9.17, 15) is 4.79 Å². The van der Waals surface area contributed by atoms with E-state index in [0.29, 0.717) is 6.04 Å². The quantitative estimate of drug-likeness (QED) is 0.610. The molecule has 2 heterocycles. The van der Waals surface area contributed by atoms with Crippen LogP contribution in [0.4, 0.5) is 0 Å². The molecular formula is C14H19NO3. The van der Waals surface area contributed by atoms with Crippen LogP contribution in [0.5, 0.6) is 0 Å². The molecule has 0 bridgehead atoms. The molecule has 0 radical (unpaired) electrons. The topological polar surface area (TPSA) is 42.4 Å². The van der Waals surface area contributed by atoms with Crippen molar-refractivity contribution in [2.24, 2.45) is 0 Å². The molecule has 3 atom stereocenters. The molecule has 1 aromatic rings. The van der Waals surface area contributed by atoms with E-state index in [4.69, 9.17) is 9.15 Å². The number of esters is 1. The summed E-state index contributed by atoms with van der Waals surface area (Å²) in [7, 11) is 1.46. The number of rotatable bonds is 3. The second kappa shape index (κ2) is 4.76. The molecule has 1 aliphatic heterocycles. The predicted molar refractivity (Wildman–Crippen MR) is 66.0 cm³/mol. The number of methoxy groups -OCH3 is 1. The summed E-state index contributed by atoms with van der Waals surface area (Å²) in [6, 6.07) is 4.29. The highest BCUT2D eigenvalue weighted by atomic mass is 16.5. The number of nitrogens with zero attached hydrogens (tertiary/aromatic N) is 1. The maximum absolute atomic E-state index is 11.8. The van der Waals surface area contributed by atoms with Crippen molar-refractivity contribution in [2.45, 2.75) is 50.2 Å². The largest absolute Gasteiger partial charge is 0.468 e. The van der Waals surface area contributed by atoms with E-state index in [2.05, 4.69) is 4.90 Å². The molecule has 0 N–H and O–H groups in total. The van der Waals surface area contributed by atoms with Crippen LogP contribution in [0.3, 0.4) is 0 Å². The van der Waals surface area contributed by atoms with E-state index in [1.54, 1.807) is 6.26 Å². The van der Waals surface area contributed by atoms with Crippen LogP contribution < -0.4 is 0 Å². The van der Waals surface area contributed by atoms with Gasteiger partial charge in [-0.3, -0.25) is 9.69 Å². The zero-order valence-electron chi connectivity index (χ0n) is 10.7. The monoisotopic (exact) mass is 249 g/mol. The molecular weight excluding hydrogens is 230 g/mol. The van der Waals surface area contributed by atoms with Gasteiger partial charge in [0, 0.05) is 6.04 Å². The van der Waals surface area contributed by atoms with Crippen LogP contribution in [0.15, 0.2) is 22.8 Å². The maximum atomic E-state index is 11.8. The van der Waals surface area contributed by atoms with Crippen LogP contribution in [0, 0.1) is 0 Å². The molecule has 1 aromatic heterocycles. The Kier molecular flexibility index (Phi) is 3.12. The normalized spacial score (nSPS) is 32.2. The van der Waals surface area contributed by atoms with Crippen LogP contribution in [0.1, 0.15) is 43.9 Å². The molecule has 1 saturated heterocycles. The van der Waals surface area contributed by atoms with Crippen LogP contribution in [0.2, 0.25) is 0 Å². The fourth-order valence-corrected chi connectivity index (χ4v) is 3.21. The Bertz CT molecular complexity index is 409. The van der Waals surface area contributed by atoms with Gasteiger partial charge in [-0.15, -0.1) is 0 Å². The lowest BCUT2D eigenvalue weighted by atomic mass is 9.95. The number of ether oxygens (including phenoxy) is 1. The van der Waals surface area contributed by atoms with E-state index >= 15 is 0 Å². The highest BCUT2D eigenvalue weighted by Crippen LogP contribution is 2.48. The first-order valence-electron chi connectivity index (χ1n) is 6.71. The van der Waals surface area contributed by atoms with Crippen molar-refractivity contribution >= 4 is 5.97 Å². The first-order valence-corrected chi connectivity index (χ1v) is 6.71. The fraction of sp³-hybridized carbons (Fsp3) is 0.643. The molecule has 1 saturated carbocycles. The second-order valence-corrected chi connectivity index (χ2v) is 5.17. The Morgan fingerprint density at radius 2 is 2.17 bits per heavy atom. The van der Waals surface area contributed by atoms with Gasteiger partial charge in [-0.2, -0.15) is 0 Å². The predicted octanol–water partition coefficient (Wildman–Crippen LogP) is 2.51. The summed E-state index contributed by atoms with van der Waals surface area (Å²) < 4.78 is 10.4. The molecule has 2 aliphatic rings. The average molecular weight is 249 g/mol. The van der Waals surface area contributed by atoms with Gasteiger partial charge in [0.25, 0.3) is 0 Å². The molecule has 4 nitrogen and oxygen atoms in total. The van der Waals surface area contributed by atoms with Gasteiger partial charge in [-0.1, -0.05) is 19.3 Å². The first kappa shape index (κ1) is 11.8. The van der Waals surface area contributed by atoms with Gasteiger partial charge in [-0.05, 0) is 25.0 Å². The number of carbonyl (C=O) groups is 1. The maximum Gasteiger partial charge on any atom is 0.325 e. The summed E-state index contributed by atoms with van der Waals surface area (Å²) >= 11 is 0. The molecule has 4 heteroatoms. The van der Waals surface area contributed by atoms with Crippen LogP contribution in [-0.4, -0.2) is 30.1 Å². The third-order valence-corrected chi connectivity index (χ3v) is 4.13. The zero-order chi connectivity index (χ0) is 12.5. The van der Waals surface area contributed by atoms with Crippen molar-refractivity contribution in [2.75, 3.05) is 7.11 Å². The van der Waals surface area contributed by atoms with E-state index < -0.39 is 0 Å². The number of carbonyl (C=O) groups excluding carboxylic acids is 1. The number of hydrogen-bond acceptors (Lipinski definition) is 4. The number of furan rings is 1. The second-order valence-electron chi connectivity index (χ2n) is 5.17. The van der Waals surface area contributed by atoms with Gasteiger partial charge in [0.05, 0.1) is 19.4 Å². The lowest BCUT2D eigenvalue weighted by Crippen LogP contribution is -2.26. The fourth-order valence-electron chi connectivity index (χ4n) is 3.21. The Morgan fingerprint density at radius 1 is 1.39 bits per heavy atom. The Labute approximate surface area is 107 Å². The summed E-state index contributed by atoms with van der Waals surface area (Å²) in [6.45, 7) is 0. The summed E-state index contributed by atoms with van der Waals surface area (Å²) in [6.07, 6.45) is 7.88. The molecule has 18 heavy (non-hydrogen) atoms. The molecule has 1 aliphatic carbocycles. The van der Waals surface area contributed by atoms with Crippen molar-refractivity contribution in [3.8, 4) is 0 Å². The van der Waals surface area contributed by atoms with E-state index in [0.717, 1.165) is 5.76 Å². The van der Waals surface area contributed by atoms with Gasteiger partial charge < -0.3 is 9.15 Å². The van der Waals surface area contributed by atoms with Gasteiger partial charge in [0.15, 0.2) is 0 Å². The van der Waals surface area contributed by atoms with Crippen molar-refractivity contribution in [1.82, 2.24) is 4.90 Å². The summed E-state index contributed by atoms with van der Waals surface area (Å²) in [5.74, 6) is 0.748. The molecule has 3 rings (SSSR count). The first-order chi connectivity index (χ1) is 8.83. The standard InChI is InChI=1S/C14H19NO3/c1-17-14(16)13-12(11-8-5-9-18-11)15(13)10-6-3-2-4-7-10/h5,8-10,12-13H,2-4,6-7H2,1H3/t12-,13+,15?/m0/s1. The Balaban J connectivity index is 1.77. The van der Waals surface area contributed by atoms with Crippen molar-refractivity contribution in [3.05, 3.63) is 24.2 Å². The Morgan fingerprint density at radius 3 is 2.78 bits per heavy atom. The van der Waals surface area contributed by atoms with Gasteiger partial charge in [0.2, 0.25) is 0 Å². The van der Waals surface area contributed by atoms with Crippen LogP contribution >= 0.6 is 0 Å². The Hall–Kier alpha value is -1.29. The lowest BCUT2D eigenvalue weighted by Gasteiger charge is -2.23. The minimum absolute atomic E-state index is 0.0931. The van der Waals surface area contributed by atoms with Gasteiger partial charge in [0.1, 0.15) is 11.8 Å². The average Bonchev–Trinajstić information content (AvgIpc) is 2.93. The van der Waals surface area contributed by atoms with Crippen LogP contribution in [0.25, 0.3) is 0 Å². The minimum atomic E-state index is -0.137. The highest BCUT2D eigenvalue weighted by molar-refractivity contribution is 5.80. The van der Waals surface area contributed by atoms with Crippen molar-refractivity contribution < 1.29 is 13.9 Å². The minimum Gasteiger partial charge on any atom is -0.468 e. The van der Waals surface area contributed by atoms with Gasteiger partial charge in [-0.25, -0.2) is 0 Å². The third-order valence-electron chi connectivity index (χ3n) is 4.13. The third kappa shape index (κ3) is 1.94. The molecule has 0 spiro atoms. The summed E-state index contributed by atoms with van der Waals surface area (Å²) in [5.41, 5.74) is 0. The smallest absolute Gasteiger partial charge is 0.325 e. The molecule has 1 unspecified atom stereocenters. The zero-order valence-corrected chi connectivity index (χ0v) is 10.7. The molecule has 0 aromatic carbocycles. The van der Waals surface area contributed by atoms with E-state index in [1.165, 1.54) is 39.2 Å². The van der Waals surface area contributed by atoms with Gasteiger partial charge >= 0.3 is 5.97 Å². The summed E-state index contributed by atoms with van der Waals surface area (Å²) in [5, 5.41) is 0. The molecule has 0 amide bonds.